The summed E-state index contributed by atoms with van der Waals surface area (Å²) in [6.45, 7) is 8.14. The minimum Gasteiger partial charge on any atom is -0.370 e. The summed E-state index contributed by atoms with van der Waals surface area (Å²) in [6.07, 6.45) is 3.72. The maximum atomic E-state index is 4.38. The van der Waals surface area contributed by atoms with E-state index < -0.39 is 0 Å². The number of nitrogens with one attached hydrogen (secondary N) is 2. The SMILES string of the molecule is CC.CNCCCCCNc1cccc(C)n1. The molecule has 17 heavy (non-hydrogen) atoms. The third-order valence-corrected chi connectivity index (χ3v) is 2.30. The molecule has 0 aliphatic carbocycles. The summed E-state index contributed by atoms with van der Waals surface area (Å²) in [7, 11) is 1.99. The predicted octanol–water partition coefficient (Wildman–Crippen LogP) is 3.22. The van der Waals surface area contributed by atoms with E-state index in [1.54, 1.807) is 0 Å². The van der Waals surface area contributed by atoms with Crippen LogP contribution in [0.25, 0.3) is 0 Å². The van der Waals surface area contributed by atoms with Crippen LogP contribution in [0.2, 0.25) is 0 Å². The molecule has 0 aromatic carbocycles. The predicted molar refractivity (Wildman–Crippen MR) is 76.6 cm³/mol. The smallest absolute Gasteiger partial charge is 0.126 e. The lowest BCUT2D eigenvalue weighted by Gasteiger charge is -2.05. The molecule has 3 nitrogen and oxygen atoms in total. The van der Waals surface area contributed by atoms with E-state index in [4.69, 9.17) is 0 Å². The monoisotopic (exact) mass is 237 g/mol. The summed E-state index contributed by atoms with van der Waals surface area (Å²) in [5.41, 5.74) is 1.06. The van der Waals surface area contributed by atoms with E-state index in [0.717, 1.165) is 24.6 Å². The van der Waals surface area contributed by atoms with Crippen molar-refractivity contribution >= 4 is 5.82 Å². The first-order chi connectivity index (χ1) is 8.33. The highest BCUT2D eigenvalue weighted by Gasteiger charge is 1.93. The fourth-order valence-electron chi connectivity index (χ4n) is 1.46. The number of hydrogen-bond acceptors (Lipinski definition) is 3. The van der Waals surface area contributed by atoms with Crippen LogP contribution >= 0.6 is 0 Å². The van der Waals surface area contributed by atoms with Crippen molar-refractivity contribution in [2.75, 3.05) is 25.5 Å². The van der Waals surface area contributed by atoms with E-state index in [0.29, 0.717) is 0 Å². The van der Waals surface area contributed by atoms with Crippen molar-refractivity contribution < 1.29 is 0 Å². The fourth-order valence-corrected chi connectivity index (χ4v) is 1.46. The lowest BCUT2D eigenvalue weighted by atomic mass is 10.2. The Bertz CT molecular complexity index is 274. The zero-order valence-electron chi connectivity index (χ0n) is 11.7. The van der Waals surface area contributed by atoms with Crippen LogP contribution in [0.15, 0.2) is 18.2 Å². The number of aromatic nitrogens is 1. The third kappa shape index (κ3) is 8.69. The van der Waals surface area contributed by atoms with Gasteiger partial charge in [-0.15, -0.1) is 0 Å². The second kappa shape index (κ2) is 11.4. The molecular formula is C14H27N3. The van der Waals surface area contributed by atoms with Gasteiger partial charge in [0.1, 0.15) is 5.82 Å². The maximum Gasteiger partial charge on any atom is 0.126 e. The average Bonchev–Trinajstić information content (AvgIpc) is 2.36. The van der Waals surface area contributed by atoms with Crippen LogP contribution in [0.3, 0.4) is 0 Å². The topological polar surface area (TPSA) is 37.0 Å². The number of hydrogen-bond donors (Lipinski definition) is 2. The summed E-state index contributed by atoms with van der Waals surface area (Å²) in [5, 5.41) is 6.48. The lowest BCUT2D eigenvalue weighted by Crippen LogP contribution is -2.08. The van der Waals surface area contributed by atoms with Crippen LogP contribution < -0.4 is 10.6 Å². The lowest BCUT2D eigenvalue weighted by molar-refractivity contribution is 0.655. The molecule has 1 heterocycles. The second-order valence-corrected chi connectivity index (χ2v) is 3.76. The van der Waals surface area contributed by atoms with E-state index in [9.17, 15) is 0 Å². The summed E-state index contributed by atoms with van der Waals surface area (Å²) < 4.78 is 0. The van der Waals surface area contributed by atoms with Gasteiger partial charge in [-0.3, -0.25) is 0 Å². The minimum atomic E-state index is 0.989. The highest BCUT2D eigenvalue weighted by molar-refractivity contribution is 5.34. The molecule has 0 aliphatic heterocycles. The van der Waals surface area contributed by atoms with Gasteiger partial charge in [0, 0.05) is 12.2 Å². The van der Waals surface area contributed by atoms with E-state index in [1.807, 2.05) is 46.0 Å². The number of rotatable bonds is 7. The number of aryl methyl sites for hydroxylation is 1. The normalized spacial score (nSPS) is 9.41. The average molecular weight is 237 g/mol. The molecule has 0 saturated carbocycles. The Morgan fingerprint density at radius 3 is 2.41 bits per heavy atom. The highest BCUT2D eigenvalue weighted by Crippen LogP contribution is 2.04. The van der Waals surface area contributed by atoms with Crippen LogP contribution in [-0.4, -0.2) is 25.1 Å². The van der Waals surface area contributed by atoms with Crippen LogP contribution in [0.4, 0.5) is 5.82 Å². The molecule has 0 fully saturated rings. The molecule has 0 atom stereocenters. The Morgan fingerprint density at radius 2 is 1.76 bits per heavy atom. The summed E-state index contributed by atoms with van der Waals surface area (Å²) >= 11 is 0. The van der Waals surface area contributed by atoms with Gasteiger partial charge in [-0.2, -0.15) is 0 Å². The number of unbranched alkanes of at least 4 members (excludes halogenated alkanes) is 2. The number of anilines is 1. The van der Waals surface area contributed by atoms with E-state index in [1.165, 1.54) is 19.3 Å². The number of nitrogens with zero attached hydrogens (tertiary/aromatic N) is 1. The van der Waals surface area contributed by atoms with Crippen molar-refractivity contribution in [3.8, 4) is 0 Å². The third-order valence-electron chi connectivity index (χ3n) is 2.30. The van der Waals surface area contributed by atoms with Gasteiger partial charge in [-0.1, -0.05) is 26.3 Å². The van der Waals surface area contributed by atoms with Gasteiger partial charge >= 0.3 is 0 Å². The van der Waals surface area contributed by atoms with E-state index in [2.05, 4.69) is 15.6 Å². The molecule has 0 aliphatic rings. The van der Waals surface area contributed by atoms with E-state index in [-0.39, 0.29) is 0 Å². The molecule has 1 aromatic heterocycles. The van der Waals surface area contributed by atoms with Gasteiger partial charge in [0.25, 0.3) is 0 Å². The fraction of sp³-hybridized carbons (Fsp3) is 0.643. The molecule has 0 radical (unpaired) electrons. The molecule has 0 saturated heterocycles. The van der Waals surface area contributed by atoms with Crippen molar-refractivity contribution in [3.63, 3.8) is 0 Å². The molecule has 0 amide bonds. The molecule has 1 aromatic rings. The molecule has 0 unspecified atom stereocenters. The minimum absolute atomic E-state index is 0.989. The molecule has 0 spiro atoms. The van der Waals surface area contributed by atoms with Crippen LogP contribution in [0, 0.1) is 6.92 Å². The first-order valence-corrected chi connectivity index (χ1v) is 6.65. The largest absolute Gasteiger partial charge is 0.370 e. The van der Waals surface area contributed by atoms with Crippen molar-refractivity contribution in [3.05, 3.63) is 23.9 Å². The molecule has 2 N–H and O–H groups in total. The van der Waals surface area contributed by atoms with Crippen LogP contribution in [-0.2, 0) is 0 Å². The molecule has 98 valence electrons. The standard InChI is InChI=1S/C12H21N3.C2H6/c1-11-7-6-8-12(15-11)14-10-5-3-4-9-13-2;1-2/h6-8,13H,3-5,9-10H2,1-2H3,(H,14,15);1-2H3. The van der Waals surface area contributed by atoms with Gasteiger partial charge in [0.15, 0.2) is 0 Å². The molecule has 0 bridgehead atoms. The Labute approximate surface area is 106 Å². The first-order valence-electron chi connectivity index (χ1n) is 6.65. The van der Waals surface area contributed by atoms with Gasteiger partial charge < -0.3 is 10.6 Å². The molecule has 3 heteroatoms. The maximum absolute atomic E-state index is 4.38. The van der Waals surface area contributed by atoms with Gasteiger partial charge in [0.2, 0.25) is 0 Å². The first kappa shape index (κ1) is 15.9. The Hall–Kier alpha value is -1.09. The Kier molecular flexibility index (Phi) is 10.7. The van der Waals surface area contributed by atoms with Crippen LogP contribution in [0.5, 0.6) is 0 Å². The zero-order chi connectivity index (χ0) is 12.9. The quantitative estimate of drug-likeness (QED) is 0.715. The van der Waals surface area contributed by atoms with Gasteiger partial charge in [-0.25, -0.2) is 4.98 Å². The second-order valence-electron chi connectivity index (χ2n) is 3.76. The Balaban J connectivity index is 0.00000121. The zero-order valence-corrected chi connectivity index (χ0v) is 11.7. The van der Waals surface area contributed by atoms with Crippen molar-refractivity contribution in [1.29, 1.82) is 0 Å². The van der Waals surface area contributed by atoms with Crippen LogP contribution in [0.1, 0.15) is 38.8 Å². The van der Waals surface area contributed by atoms with Crippen molar-refractivity contribution in [2.24, 2.45) is 0 Å². The molecule has 1 rings (SSSR count). The summed E-state index contributed by atoms with van der Waals surface area (Å²) in [6, 6.07) is 6.06. The van der Waals surface area contributed by atoms with Gasteiger partial charge in [-0.05, 0) is 45.5 Å². The number of pyridine rings is 1. The van der Waals surface area contributed by atoms with Crippen molar-refractivity contribution in [2.45, 2.75) is 40.0 Å². The van der Waals surface area contributed by atoms with Gasteiger partial charge in [0.05, 0.1) is 0 Å². The molecular weight excluding hydrogens is 210 g/mol. The Morgan fingerprint density at radius 1 is 1.06 bits per heavy atom. The summed E-state index contributed by atoms with van der Waals surface area (Å²) in [5.74, 6) is 0.989. The summed E-state index contributed by atoms with van der Waals surface area (Å²) in [4.78, 5) is 4.38. The van der Waals surface area contributed by atoms with E-state index >= 15 is 0 Å². The van der Waals surface area contributed by atoms with Crippen molar-refractivity contribution in [1.82, 2.24) is 10.3 Å². The highest BCUT2D eigenvalue weighted by atomic mass is 15.0.